The summed E-state index contributed by atoms with van der Waals surface area (Å²) in [5, 5.41) is 0. The van der Waals surface area contributed by atoms with Crippen molar-refractivity contribution in [1.82, 2.24) is 4.90 Å². The Balaban J connectivity index is 1.85. The first-order valence-electron chi connectivity index (χ1n) is 7.58. The first-order chi connectivity index (χ1) is 11.5. The average Bonchev–Trinajstić information content (AvgIpc) is 2.59. The van der Waals surface area contributed by atoms with Crippen molar-refractivity contribution in [1.29, 1.82) is 0 Å². The largest absolute Gasteiger partial charge is 0.431 e. The van der Waals surface area contributed by atoms with Gasteiger partial charge >= 0.3 is 5.91 Å². The lowest BCUT2D eigenvalue weighted by molar-refractivity contribution is -0.166. The number of carbonyl (C=O) groups is 2. The second kappa shape index (κ2) is 4.96. The van der Waals surface area contributed by atoms with Crippen LogP contribution in [0.1, 0.15) is 31.8 Å². The van der Waals surface area contributed by atoms with Crippen LogP contribution in [0.25, 0.3) is 6.08 Å². The smallest absolute Gasteiger partial charge is 0.362 e. The molecule has 0 aromatic heterocycles. The number of para-hydroxylation sites is 1. The zero-order chi connectivity index (χ0) is 16.9. The Bertz CT molecular complexity index is 902. The summed E-state index contributed by atoms with van der Waals surface area (Å²) in [6.07, 6.45) is 4.25. The summed E-state index contributed by atoms with van der Waals surface area (Å²) < 4.78 is 12.1. The Kier molecular flexibility index (Phi) is 3.00. The third kappa shape index (κ3) is 1.94. The van der Waals surface area contributed by atoms with Gasteiger partial charge in [-0.25, -0.2) is 0 Å². The molecule has 0 bridgehead atoms. The minimum atomic E-state index is -1.40. The SMILES string of the molecule is Cc1cc(C=O)c2c(c1)C=C[C@@]1(Oc3ccccc3C(=O)N1C)O2. The molecule has 0 N–H and O–H groups in total. The maximum absolute atomic E-state index is 12.7. The van der Waals surface area contributed by atoms with Crippen molar-refractivity contribution in [2.75, 3.05) is 7.05 Å². The molecule has 0 unspecified atom stereocenters. The van der Waals surface area contributed by atoms with Crippen LogP contribution in [-0.2, 0) is 0 Å². The number of ether oxygens (including phenoxy) is 2. The molecular weight excluding hydrogens is 306 g/mol. The molecule has 1 atom stereocenters. The Morgan fingerprint density at radius 1 is 1.17 bits per heavy atom. The van der Waals surface area contributed by atoms with E-state index in [9.17, 15) is 9.59 Å². The first-order valence-corrected chi connectivity index (χ1v) is 7.58. The summed E-state index contributed by atoms with van der Waals surface area (Å²) in [6, 6.07) is 10.7. The van der Waals surface area contributed by atoms with E-state index in [4.69, 9.17) is 9.47 Å². The average molecular weight is 321 g/mol. The van der Waals surface area contributed by atoms with Crippen LogP contribution >= 0.6 is 0 Å². The number of hydrogen-bond acceptors (Lipinski definition) is 4. The van der Waals surface area contributed by atoms with E-state index in [0.717, 1.165) is 17.4 Å². The van der Waals surface area contributed by atoms with Gasteiger partial charge in [-0.1, -0.05) is 12.1 Å². The van der Waals surface area contributed by atoms with Crippen molar-refractivity contribution in [2.45, 2.75) is 12.8 Å². The van der Waals surface area contributed by atoms with Gasteiger partial charge in [0.2, 0.25) is 0 Å². The van der Waals surface area contributed by atoms with E-state index in [0.29, 0.717) is 22.6 Å². The van der Waals surface area contributed by atoms with Gasteiger partial charge in [0.25, 0.3) is 5.91 Å². The van der Waals surface area contributed by atoms with Crippen LogP contribution in [0.2, 0.25) is 0 Å². The summed E-state index contributed by atoms with van der Waals surface area (Å²) in [5.41, 5.74) is 2.65. The van der Waals surface area contributed by atoms with Crippen molar-refractivity contribution in [3.05, 3.63) is 64.7 Å². The van der Waals surface area contributed by atoms with E-state index >= 15 is 0 Å². The van der Waals surface area contributed by atoms with Gasteiger partial charge in [-0.15, -0.1) is 0 Å². The zero-order valence-corrected chi connectivity index (χ0v) is 13.3. The van der Waals surface area contributed by atoms with Crippen molar-refractivity contribution in [3.8, 4) is 11.5 Å². The van der Waals surface area contributed by atoms with Crippen LogP contribution in [0.4, 0.5) is 0 Å². The molecule has 2 aromatic carbocycles. The van der Waals surface area contributed by atoms with Gasteiger partial charge < -0.3 is 9.47 Å². The molecule has 2 heterocycles. The van der Waals surface area contributed by atoms with Crippen LogP contribution in [0.5, 0.6) is 11.5 Å². The molecule has 24 heavy (non-hydrogen) atoms. The van der Waals surface area contributed by atoms with E-state index in [-0.39, 0.29) is 5.91 Å². The quantitative estimate of drug-likeness (QED) is 0.758. The summed E-state index contributed by atoms with van der Waals surface area (Å²) in [4.78, 5) is 25.5. The molecule has 2 aromatic rings. The summed E-state index contributed by atoms with van der Waals surface area (Å²) in [5.74, 6) is -0.735. The lowest BCUT2D eigenvalue weighted by Crippen LogP contribution is -2.60. The maximum Gasteiger partial charge on any atom is 0.362 e. The highest BCUT2D eigenvalue weighted by Gasteiger charge is 2.47. The molecule has 0 saturated heterocycles. The summed E-state index contributed by atoms with van der Waals surface area (Å²) in [7, 11) is 1.61. The van der Waals surface area contributed by atoms with E-state index in [2.05, 4.69) is 0 Å². The molecule has 5 nitrogen and oxygen atoms in total. The number of amides is 1. The number of likely N-dealkylation sites (N-methyl/N-ethyl adjacent to an activating group) is 1. The zero-order valence-electron chi connectivity index (χ0n) is 13.3. The number of benzene rings is 2. The highest BCUT2D eigenvalue weighted by atomic mass is 16.7. The Hall–Kier alpha value is -3.08. The van der Waals surface area contributed by atoms with Gasteiger partial charge in [-0.2, -0.15) is 0 Å². The number of nitrogens with zero attached hydrogens (tertiary/aromatic N) is 1. The minimum Gasteiger partial charge on any atom is -0.431 e. The fourth-order valence-electron chi connectivity index (χ4n) is 3.05. The Morgan fingerprint density at radius 3 is 2.75 bits per heavy atom. The van der Waals surface area contributed by atoms with Crippen molar-refractivity contribution in [3.63, 3.8) is 0 Å². The third-order valence-electron chi connectivity index (χ3n) is 4.29. The summed E-state index contributed by atoms with van der Waals surface area (Å²) in [6.45, 7) is 1.91. The molecule has 5 heteroatoms. The topological polar surface area (TPSA) is 55.8 Å². The van der Waals surface area contributed by atoms with Gasteiger partial charge in [0.1, 0.15) is 11.5 Å². The van der Waals surface area contributed by atoms with Crippen LogP contribution in [0.15, 0.2) is 42.5 Å². The number of rotatable bonds is 1. The maximum atomic E-state index is 12.7. The van der Waals surface area contributed by atoms with Crippen LogP contribution in [-0.4, -0.2) is 30.1 Å². The molecule has 1 spiro atoms. The first kappa shape index (κ1) is 14.5. The van der Waals surface area contributed by atoms with Crippen molar-refractivity contribution in [2.24, 2.45) is 0 Å². The molecular formula is C19H15NO4. The van der Waals surface area contributed by atoms with Gasteiger partial charge in [0.05, 0.1) is 11.1 Å². The third-order valence-corrected chi connectivity index (χ3v) is 4.29. The fourth-order valence-corrected chi connectivity index (χ4v) is 3.05. The standard InChI is InChI=1S/C19H15NO4/c1-12-9-13-7-8-19(24-17(13)14(10-12)11-21)20(2)18(22)15-5-3-4-6-16(15)23-19/h3-11H,1-2H3/t19-/m1/s1. The molecule has 0 aliphatic carbocycles. The molecule has 2 aliphatic heterocycles. The van der Waals surface area contributed by atoms with E-state index in [1.165, 1.54) is 4.90 Å². The lowest BCUT2D eigenvalue weighted by Gasteiger charge is -2.44. The number of fused-ring (bicyclic) bond motifs is 2. The van der Waals surface area contributed by atoms with Gasteiger partial charge in [0.15, 0.2) is 6.29 Å². The molecule has 2 aliphatic rings. The van der Waals surface area contributed by atoms with Crippen LogP contribution in [0.3, 0.4) is 0 Å². The number of carbonyl (C=O) groups excluding carboxylic acids is 2. The van der Waals surface area contributed by atoms with Crippen LogP contribution in [0, 0.1) is 6.92 Å². The summed E-state index contributed by atoms with van der Waals surface area (Å²) >= 11 is 0. The van der Waals surface area contributed by atoms with E-state index in [1.807, 2.05) is 19.1 Å². The normalized spacial score (nSPS) is 20.9. The predicted molar refractivity (Wildman–Crippen MR) is 88.1 cm³/mol. The molecule has 0 radical (unpaired) electrons. The highest BCUT2D eigenvalue weighted by molar-refractivity contribution is 5.98. The molecule has 1 amide bonds. The molecule has 0 saturated carbocycles. The van der Waals surface area contributed by atoms with Crippen molar-refractivity contribution >= 4 is 18.3 Å². The molecule has 4 rings (SSSR count). The van der Waals surface area contributed by atoms with Crippen LogP contribution < -0.4 is 9.47 Å². The molecule has 120 valence electrons. The Morgan fingerprint density at radius 2 is 1.96 bits per heavy atom. The predicted octanol–water partition coefficient (Wildman–Crippen LogP) is 3.03. The second-order valence-corrected chi connectivity index (χ2v) is 5.92. The van der Waals surface area contributed by atoms with Gasteiger partial charge in [-0.05, 0) is 42.8 Å². The van der Waals surface area contributed by atoms with Gasteiger partial charge in [0, 0.05) is 18.7 Å². The minimum absolute atomic E-state index is 0.204. The van der Waals surface area contributed by atoms with Gasteiger partial charge in [-0.3, -0.25) is 14.5 Å². The second-order valence-electron chi connectivity index (χ2n) is 5.92. The lowest BCUT2D eigenvalue weighted by atomic mass is 10.0. The number of aldehydes is 1. The fraction of sp³-hybridized carbons (Fsp3) is 0.158. The van der Waals surface area contributed by atoms with Crippen molar-refractivity contribution < 1.29 is 19.1 Å². The number of aryl methyl sites for hydroxylation is 1. The highest BCUT2D eigenvalue weighted by Crippen LogP contribution is 2.40. The Labute approximate surface area is 139 Å². The number of hydrogen-bond donors (Lipinski definition) is 0. The molecule has 0 fully saturated rings. The monoisotopic (exact) mass is 321 g/mol. The van der Waals surface area contributed by atoms with E-state index < -0.39 is 5.91 Å². The van der Waals surface area contributed by atoms with E-state index in [1.54, 1.807) is 43.5 Å².